The Balaban J connectivity index is 4.66. The van der Waals surface area contributed by atoms with Gasteiger partial charge in [0.1, 0.15) is 0 Å². The molecule has 0 spiro atoms. The molecular formula is C9H20N2O2S2. The van der Waals surface area contributed by atoms with E-state index in [1.165, 1.54) is 4.31 Å². The molecule has 0 radical (unpaired) electrons. The van der Waals surface area contributed by atoms with Gasteiger partial charge in [-0.2, -0.15) is 4.31 Å². The van der Waals surface area contributed by atoms with Gasteiger partial charge in [-0.1, -0.05) is 33.0 Å². The summed E-state index contributed by atoms with van der Waals surface area (Å²) in [5.41, 5.74) is 5.38. The number of hydrogen-bond donors (Lipinski definition) is 1. The summed E-state index contributed by atoms with van der Waals surface area (Å²) in [7, 11) is -3.21. The molecule has 2 N–H and O–H groups in total. The second-order valence-electron chi connectivity index (χ2n) is 3.97. The molecular weight excluding hydrogens is 232 g/mol. The molecule has 0 unspecified atom stereocenters. The van der Waals surface area contributed by atoms with Crippen LogP contribution in [-0.4, -0.2) is 36.6 Å². The summed E-state index contributed by atoms with van der Waals surface area (Å²) in [6.07, 6.45) is 0.764. The molecule has 90 valence electrons. The molecule has 0 saturated carbocycles. The van der Waals surface area contributed by atoms with E-state index < -0.39 is 10.0 Å². The number of nitrogens with zero attached hydrogens (tertiary/aromatic N) is 1. The van der Waals surface area contributed by atoms with Gasteiger partial charge >= 0.3 is 0 Å². The Morgan fingerprint density at radius 2 is 2.00 bits per heavy atom. The minimum atomic E-state index is -3.21. The molecule has 0 aromatic carbocycles. The van der Waals surface area contributed by atoms with Crippen LogP contribution in [0.3, 0.4) is 0 Å². The normalized spacial score (nSPS) is 12.3. The zero-order chi connectivity index (χ0) is 12.1. The highest BCUT2D eigenvalue weighted by molar-refractivity contribution is 7.89. The second kappa shape index (κ2) is 6.40. The van der Waals surface area contributed by atoms with Crippen molar-refractivity contribution >= 4 is 27.2 Å². The van der Waals surface area contributed by atoms with Gasteiger partial charge in [0.05, 0.1) is 17.3 Å². The van der Waals surface area contributed by atoms with Crippen LogP contribution in [0.1, 0.15) is 27.2 Å². The van der Waals surface area contributed by atoms with E-state index >= 15 is 0 Å². The molecule has 0 saturated heterocycles. The molecule has 15 heavy (non-hydrogen) atoms. The van der Waals surface area contributed by atoms with Crippen molar-refractivity contribution in [3.05, 3.63) is 0 Å². The topological polar surface area (TPSA) is 63.4 Å². The number of thiocarbonyl (C=S) groups is 1. The SMILES string of the molecule is CCCN(CC(N)=S)S(=O)(=O)CC(C)C. The Labute approximate surface area is 97.9 Å². The van der Waals surface area contributed by atoms with Gasteiger partial charge in [-0.3, -0.25) is 0 Å². The Hall–Kier alpha value is -0.200. The Bertz CT molecular complexity index is 299. The van der Waals surface area contributed by atoms with E-state index in [-0.39, 0.29) is 23.2 Å². The first-order valence-electron chi connectivity index (χ1n) is 5.05. The molecule has 0 aromatic heterocycles. The third-order valence-electron chi connectivity index (χ3n) is 1.74. The minimum absolute atomic E-state index is 0.112. The van der Waals surface area contributed by atoms with Crippen LogP contribution in [0, 0.1) is 5.92 Å². The van der Waals surface area contributed by atoms with Gasteiger partial charge in [-0.25, -0.2) is 8.42 Å². The summed E-state index contributed by atoms with van der Waals surface area (Å²) in [6, 6.07) is 0. The summed E-state index contributed by atoms with van der Waals surface area (Å²) < 4.78 is 25.1. The second-order valence-corrected chi connectivity index (χ2v) is 6.51. The first kappa shape index (κ1) is 14.8. The molecule has 0 amide bonds. The van der Waals surface area contributed by atoms with E-state index in [4.69, 9.17) is 18.0 Å². The highest BCUT2D eigenvalue weighted by atomic mass is 32.2. The Morgan fingerprint density at radius 1 is 1.47 bits per heavy atom. The number of sulfonamides is 1. The predicted molar refractivity (Wildman–Crippen MR) is 67.3 cm³/mol. The molecule has 0 atom stereocenters. The summed E-state index contributed by atoms with van der Waals surface area (Å²) in [5.74, 6) is 0.260. The van der Waals surface area contributed by atoms with E-state index in [1.54, 1.807) is 0 Å². The lowest BCUT2D eigenvalue weighted by molar-refractivity contribution is 0.444. The van der Waals surface area contributed by atoms with Crippen LogP contribution in [0.25, 0.3) is 0 Å². The quantitative estimate of drug-likeness (QED) is 0.686. The minimum Gasteiger partial charge on any atom is -0.392 e. The van der Waals surface area contributed by atoms with Crippen molar-refractivity contribution in [1.29, 1.82) is 0 Å². The maximum absolute atomic E-state index is 11.9. The summed E-state index contributed by atoms with van der Waals surface area (Å²) in [5, 5.41) is 0. The van der Waals surface area contributed by atoms with Gasteiger partial charge in [0, 0.05) is 6.54 Å². The Morgan fingerprint density at radius 3 is 2.33 bits per heavy atom. The van der Waals surface area contributed by atoms with Gasteiger partial charge in [-0.15, -0.1) is 0 Å². The van der Waals surface area contributed by atoms with E-state index in [9.17, 15) is 8.42 Å². The first-order chi connectivity index (χ1) is 6.79. The van der Waals surface area contributed by atoms with Gasteiger partial charge in [0.15, 0.2) is 0 Å². The van der Waals surface area contributed by atoms with E-state index in [1.807, 2.05) is 20.8 Å². The van der Waals surface area contributed by atoms with Crippen molar-refractivity contribution in [2.45, 2.75) is 27.2 Å². The van der Waals surface area contributed by atoms with Crippen molar-refractivity contribution in [1.82, 2.24) is 4.31 Å². The van der Waals surface area contributed by atoms with Crippen molar-refractivity contribution in [2.75, 3.05) is 18.8 Å². The molecule has 6 heteroatoms. The monoisotopic (exact) mass is 252 g/mol. The highest BCUT2D eigenvalue weighted by Gasteiger charge is 2.22. The van der Waals surface area contributed by atoms with Gasteiger partial charge in [0.2, 0.25) is 10.0 Å². The van der Waals surface area contributed by atoms with E-state index in [0.29, 0.717) is 6.54 Å². The van der Waals surface area contributed by atoms with Crippen LogP contribution in [-0.2, 0) is 10.0 Å². The third kappa shape index (κ3) is 6.06. The summed E-state index contributed by atoms with van der Waals surface area (Å²) in [6.45, 7) is 6.31. The summed E-state index contributed by atoms with van der Waals surface area (Å²) in [4.78, 5) is 0.218. The van der Waals surface area contributed by atoms with Crippen LogP contribution in [0.15, 0.2) is 0 Å². The van der Waals surface area contributed by atoms with Gasteiger partial charge in [0.25, 0.3) is 0 Å². The van der Waals surface area contributed by atoms with Crippen molar-refractivity contribution in [3.8, 4) is 0 Å². The average molecular weight is 252 g/mol. The predicted octanol–water partition coefficient (Wildman–Crippen LogP) is 0.970. The first-order valence-corrected chi connectivity index (χ1v) is 7.07. The standard InChI is InChI=1S/C9H20N2O2S2/c1-4-5-11(6-9(10)14)15(12,13)7-8(2)3/h8H,4-7H2,1-3H3,(H2,10,14). The molecule has 0 aliphatic rings. The molecule has 0 aliphatic heterocycles. The Kier molecular flexibility index (Phi) is 6.31. The van der Waals surface area contributed by atoms with Crippen LogP contribution in [0.5, 0.6) is 0 Å². The lowest BCUT2D eigenvalue weighted by Gasteiger charge is -2.21. The highest BCUT2D eigenvalue weighted by Crippen LogP contribution is 2.07. The fourth-order valence-electron chi connectivity index (χ4n) is 1.27. The maximum Gasteiger partial charge on any atom is 0.214 e. The fraction of sp³-hybridized carbons (Fsp3) is 0.889. The molecule has 4 nitrogen and oxygen atoms in total. The van der Waals surface area contributed by atoms with Gasteiger partial charge in [-0.05, 0) is 12.3 Å². The molecule has 0 heterocycles. The molecule has 0 rings (SSSR count). The molecule has 0 aliphatic carbocycles. The van der Waals surface area contributed by atoms with Crippen LogP contribution in [0.4, 0.5) is 0 Å². The third-order valence-corrected chi connectivity index (χ3v) is 4.06. The van der Waals surface area contributed by atoms with Crippen molar-refractivity contribution in [3.63, 3.8) is 0 Å². The molecule has 0 bridgehead atoms. The van der Waals surface area contributed by atoms with Gasteiger partial charge < -0.3 is 5.73 Å². The zero-order valence-corrected chi connectivity index (χ0v) is 11.2. The van der Waals surface area contributed by atoms with E-state index in [2.05, 4.69) is 0 Å². The fourth-order valence-corrected chi connectivity index (χ4v) is 3.35. The summed E-state index contributed by atoms with van der Waals surface area (Å²) >= 11 is 4.74. The molecule has 0 fully saturated rings. The van der Waals surface area contributed by atoms with Crippen LogP contribution in [0.2, 0.25) is 0 Å². The smallest absolute Gasteiger partial charge is 0.214 e. The number of nitrogens with two attached hydrogens (primary N) is 1. The number of hydrogen-bond acceptors (Lipinski definition) is 3. The zero-order valence-electron chi connectivity index (χ0n) is 9.56. The number of rotatable bonds is 7. The van der Waals surface area contributed by atoms with Crippen LogP contribution >= 0.6 is 12.2 Å². The molecule has 0 aromatic rings. The largest absolute Gasteiger partial charge is 0.392 e. The lowest BCUT2D eigenvalue weighted by Crippen LogP contribution is -2.40. The van der Waals surface area contributed by atoms with E-state index in [0.717, 1.165) is 6.42 Å². The average Bonchev–Trinajstić information content (AvgIpc) is 2.00. The lowest BCUT2D eigenvalue weighted by atomic mass is 10.3. The van der Waals surface area contributed by atoms with Crippen LogP contribution < -0.4 is 5.73 Å². The maximum atomic E-state index is 11.9. The van der Waals surface area contributed by atoms with Crippen molar-refractivity contribution < 1.29 is 8.42 Å². The van der Waals surface area contributed by atoms with Crippen molar-refractivity contribution in [2.24, 2.45) is 11.7 Å².